The number of benzene rings is 1. The number of hydrogen-bond donors (Lipinski definition) is 1. The fourth-order valence-corrected chi connectivity index (χ4v) is 3.39. The van der Waals surface area contributed by atoms with E-state index in [4.69, 9.17) is 4.74 Å². The van der Waals surface area contributed by atoms with E-state index in [2.05, 4.69) is 34.5 Å². The summed E-state index contributed by atoms with van der Waals surface area (Å²) in [7, 11) is 0. The fraction of sp³-hybridized carbons (Fsp3) is 0.652. The first kappa shape index (κ1) is 23.2. The Balaban J connectivity index is 1.50. The van der Waals surface area contributed by atoms with Crippen molar-refractivity contribution in [3.05, 3.63) is 35.9 Å². The summed E-state index contributed by atoms with van der Waals surface area (Å²) in [5.74, 6) is 0.257. The van der Waals surface area contributed by atoms with Crippen LogP contribution in [0.2, 0.25) is 0 Å². The minimum Gasteiger partial charge on any atom is -0.444 e. The number of rotatable bonds is 9. The molecule has 1 heterocycles. The molecule has 0 radical (unpaired) electrons. The van der Waals surface area contributed by atoms with E-state index in [1.807, 2.05) is 31.7 Å². The predicted molar refractivity (Wildman–Crippen MR) is 116 cm³/mol. The zero-order chi connectivity index (χ0) is 21.1. The predicted octanol–water partition coefficient (Wildman–Crippen LogP) is 3.46. The molecule has 1 aromatic carbocycles. The molecule has 0 aromatic heterocycles. The minimum absolute atomic E-state index is 0.257. The summed E-state index contributed by atoms with van der Waals surface area (Å²) < 4.78 is 5.20. The van der Waals surface area contributed by atoms with Crippen LogP contribution in [0.25, 0.3) is 0 Å². The Morgan fingerprint density at radius 3 is 2.34 bits per heavy atom. The first-order valence-corrected chi connectivity index (χ1v) is 10.8. The summed E-state index contributed by atoms with van der Waals surface area (Å²) in [6.07, 6.45) is 3.93. The van der Waals surface area contributed by atoms with Crippen molar-refractivity contribution in [2.75, 3.05) is 39.3 Å². The van der Waals surface area contributed by atoms with Gasteiger partial charge in [-0.3, -0.25) is 9.69 Å². The topological polar surface area (TPSA) is 61.9 Å². The number of nitrogens with one attached hydrogen (secondary N) is 1. The van der Waals surface area contributed by atoms with Crippen molar-refractivity contribution < 1.29 is 14.3 Å². The van der Waals surface area contributed by atoms with E-state index in [0.717, 1.165) is 58.4 Å². The third-order valence-corrected chi connectivity index (χ3v) is 5.02. The Kier molecular flexibility index (Phi) is 9.45. The van der Waals surface area contributed by atoms with Crippen LogP contribution in [0, 0.1) is 0 Å². The van der Waals surface area contributed by atoms with Gasteiger partial charge in [0, 0.05) is 45.7 Å². The lowest BCUT2D eigenvalue weighted by Gasteiger charge is -2.34. The molecular weight excluding hydrogens is 366 g/mol. The number of hydrogen-bond acceptors (Lipinski definition) is 4. The van der Waals surface area contributed by atoms with E-state index >= 15 is 0 Å². The highest BCUT2D eigenvalue weighted by atomic mass is 16.6. The molecule has 2 amide bonds. The van der Waals surface area contributed by atoms with Gasteiger partial charge in [-0.2, -0.15) is 0 Å². The van der Waals surface area contributed by atoms with E-state index < -0.39 is 5.60 Å². The standard InChI is InChI=1S/C23H37N3O3/c1-23(2,3)29-22(28)24-14-9-5-8-12-21(27)26-18-16-25(17-19-26)15-13-20-10-6-4-7-11-20/h4,6-7,10-11H,5,8-9,12-19H2,1-3H3,(H,24,28). The van der Waals surface area contributed by atoms with Crippen LogP contribution in [0.3, 0.4) is 0 Å². The first-order chi connectivity index (χ1) is 13.8. The maximum atomic E-state index is 12.4. The van der Waals surface area contributed by atoms with Gasteiger partial charge in [0.15, 0.2) is 0 Å². The maximum absolute atomic E-state index is 12.4. The molecule has 6 nitrogen and oxygen atoms in total. The summed E-state index contributed by atoms with van der Waals surface area (Å²) in [6, 6.07) is 10.6. The molecule has 1 fully saturated rings. The highest BCUT2D eigenvalue weighted by Crippen LogP contribution is 2.09. The van der Waals surface area contributed by atoms with E-state index in [0.29, 0.717) is 13.0 Å². The average molecular weight is 404 g/mol. The summed E-state index contributed by atoms with van der Waals surface area (Å²) in [5, 5.41) is 2.76. The molecule has 1 aliphatic heterocycles. The van der Waals surface area contributed by atoms with E-state index in [9.17, 15) is 9.59 Å². The molecule has 1 aromatic rings. The van der Waals surface area contributed by atoms with Gasteiger partial charge in [-0.25, -0.2) is 4.79 Å². The molecule has 29 heavy (non-hydrogen) atoms. The van der Waals surface area contributed by atoms with Crippen LogP contribution in [-0.4, -0.2) is 66.7 Å². The van der Waals surface area contributed by atoms with E-state index in [-0.39, 0.29) is 12.0 Å². The number of carbonyl (C=O) groups is 2. The van der Waals surface area contributed by atoms with E-state index in [1.165, 1.54) is 5.56 Å². The highest BCUT2D eigenvalue weighted by molar-refractivity contribution is 5.76. The number of unbranched alkanes of at least 4 members (excludes halogenated alkanes) is 2. The average Bonchev–Trinajstić information content (AvgIpc) is 2.68. The van der Waals surface area contributed by atoms with Crippen LogP contribution in [-0.2, 0) is 16.0 Å². The smallest absolute Gasteiger partial charge is 0.407 e. The fourth-order valence-electron chi connectivity index (χ4n) is 3.39. The third kappa shape index (κ3) is 9.79. The van der Waals surface area contributed by atoms with Crippen LogP contribution in [0.4, 0.5) is 4.79 Å². The molecule has 1 saturated heterocycles. The number of alkyl carbamates (subject to hydrolysis) is 1. The SMILES string of the molecule is CC(C)(C)OC(=O)NCCCCCC(=O)N1CCN(CCc2ccccc2)CC1. The number of amides is 2. The molecule has 0 unspecified atom stereocenters. The normalized spacial score (nSPS) is 15.2. The number of nitrogens with zero attached hydrogens (tertiary/aromatic N) is 2. The van der Waals surface area contributed by atoms with Crippen molar-refractivity contribution in [1.29, 1.82) is 0 Å². The molecule has 0 bridgehead atoms. The molecule has 162 valence electrons. The van der Waals surface area contributed by atoms with Gasteiger partial charge in [0.05, 0.1) is 0 Å². The second-order valence-electron chi connectivity index (χ2n) is 8.70. The maximum Gasteiger partial charge on any atom is 0.407 e. The quantitative estimate of drug-likeness (QED) is 0.642. The first-order valence-electron chi connectivity index (χ1n) is 10.8. The Morgan fingerprint density at radius 2 is 1.69 bits per heavy atom. The lowest BCUT2D eigenvalue weighted by Crippen LogP contribution is -2.49. The van der Waals surface area contributed by atoms with Crippen molar-refractivity contribution in [3.63, 3.8) is 0 Å². The van der Waals surface area contributed by atoms with E-state index in [1.54, 1.807) is 0 Å². The lowest BCUT2D eigenvalue weighted by molar-refractivity contribution is -0.133. The molecule has 0 aliphatic carbocycles. The van der Waals surface area contributed by atoms with Crippen molar-refractivity contribution >= 4 is 12.0 Å². The van der Waals surface area contributed by atoms with Gasteiger partial charge in [-0.15, -0.1) is 0 Å². The Bertz CT molecular complexity index is 620. The number of carbonyl (C=O) groups excluding carboxylic acids is 2. The lowest BCUT2D eigenvalue weighted by atomic mass is 10.1. The van der Waals surface area contributed by atoms with Gasteiger partial charge in [0.2, 0.25) is 5.91 Å². The largest absolute Gasteiger partial charge is 0.444 e. The van der Waals surface area contributed by atoms with Gasteiger partial charge in [0.1, 0.15) is 5.60 Å². The van der Waals surface area contributed by atoms with Crippen LogP contribution >= 0.6 is 0 Å². The van der Waals surface area contributed by atoms with Crippen LogP contribution in [0.1, 0.15) is 52.0 Å². The molecule has 0 atom stereocenters. The van der Waals surface area contributed by atoms with Gasteiger partial charge >= 0.3 is 6.09 Å². The van der Waals surface area contributed by atoms with Gasteiger partial charge < -0.3 is 15.0 Å². The van der Waals surface area contributed by atoms with Crippen molar-refractivity contribution in [1.82, 2.24) is 15.1 Å². The van der Waals surface area contributed by atoms with Crippen molar-refractivity contribution in [3.8, 4) is 0 Å². The Labute approximate surface area is 175 Å². The summed E-state index contributed by atoms with van der Waals surface area (Å²) >= 11 is 0. The molecule has 1 aliphatic rings. The van der Waals surface area contributed by atoms with Crippen LogP contribution < -0.4 is 5.32 Å². The van der Waals surface area contributed by atoms with Crippen LogP contribution in [0.15, 0.2) is 30.3 Å². The molecule has 0 spiro atoms. The monoisotopic (exact) mass is 403 g/mol. The summed E-state index contributed by atoms with van der Waals surface area (Å²) in [6.45, 7) is 10.8. The van der Waals surface area contributed by atoms with Crippen molar-refractivity contribution in [2.45, 2.75) is 58.5 Å². The molecule has 6 heteroatoms. The Morgan fingerprint density at radius 1 is 1.00 bits per heavy atom. The second-order valence-corrected chi connectivity index (χ2v) is 8.70. The van der Waals surface area contributed by atoms with Gasteiger partial charge in [0.25, 0.3) is 0 Å². The Hall–Kier alpha value is -2.08. The summed E-state index contributed by atoms with van der Waals surface area (Å²) in [4.78, 5) is 28.4. The number of piperazine rings is 1. The van der Waals surface area contributed by atoms with Crippen molar-refractivity contribution in [2.24, 2.45) is 0 Å². The molecule has 1 N–H and O–H groups in total. The highest BCUT2D eigenvalue weighted by Gasteiger charge is 2.20. The molecule has 2 rings (SSSR count). The zero-order valence-electron chi connectivity index (χ0n) is 18.3. The molecular formula is C23H37N3O3. The van der Waals surface area contributed by atoms with Crippen LogP contribution in [0.5, 0.6) is 0 Å². The van der Waals surface area contributed by atoms with Gasteiger partial charge in [-0.1, -0.05) is 36.8 Å². The zero-order valence-corrected chi connectivity index (χ0v) is 18.3. The summed E-state index contributed by atoms with van der Waals surface area (Å²) in [5.41, 5.74) is 0.898. The number of ether oxygens (including phenoxy) is 1. The molecule has 0 saturated carbocycles. The van der Waals surface area contributed by atoms with Gasteiger partial charge in [-0.05, 0) is 45.6 Å². The second kappa shape index (κ2) is 11.8. The minimum atomic E-state index is -0.470. The third-order valence-electron chi connectivity index (χ3n) is 5.02.